The van der Waals surface area contributed by atoms with Crippen molar-refractivity contribution in [2.24, 2.45) is 0 Å². The number of pyridine rings is 1. The van der Waals surface area contributed by atoms with Crippen molar-refractivity contribution in [2.45, 2.75) is 26.2 Å². The van der Waals surface area contributed by atoms with Gasteiger partial charge in [-0.25, -0.2) is 0 Å². The number of benzene rings is 1. The van der Waals surface area contributed by atoms with Crippen LogP contribution in [0.1, 0.15) is 29.4 Å². The highest BCUT2D eigenvalue weighted by Crippen LogP contribution is 2.28. The minimum atomic E-state index is 0.251. The predicted octanol–water partition coefficient (Wildman–Crippen LogP) is 3.41. The number of aryl methyl sites for hydroxylation is 2. The second-order valence-corrected chi connectivity index (χ2v) is 5.83. The average Bonchev–Trinajstić information content (AvgIpc) is 3.17. The highest BCUT2D eigenvalue weighted by atomic mass is 16.5. The molecule has 1 aliphatic rings. The quantitative estimate of drug-likeness (QED) is 0.725. The molecule has 1 unspecified atom stereocenters. The summed E-state index contributed by atoms with van der Waals surface area (Å²) in [5.74, 6) is 1.53. The molecule has 5 heteroatoms. The number of aromatic nitrogens is 3. The third kappa shape index (κ3) is 2.27. The molecule has 5 nitrogen and oxygen atoms in total. The first-order valence-electron chi connectivity index (χ1n) is 7.50. The monoisotopic (exact) mass is 295 g/mol. The lowest BCUT2D eigenvalue weighted by molar-refractivity contribution is 0.192. The zero-order valence-corrected chi connectivity index (χ0v) is 12.7. The summed E-state index contributed by atoms with van der Waals surface area (Å²) in [6.45, 7) is 5.55. The van der Waals surface area contributed by atoms with Gasteiger partial charge in [-0.1, -0.05) is 11.2 Å². The van der Waals surface area contributed by atoms with Gasteiger partial charge in [-0.15, -0.1) is 0 Å². The fourth-order valence-corrected chi connectivity index (χ4v) is 2.96. The van der Waals surface area contributed by atoms with Gasteiger partial charge in [0.15, 0.2) is 5.82 Å². The van der Waals surface area contributed by atoms with Gasteiger partial charge in [0.2, 0.25) is 0 Å². The minimum Gasteiger partial charge on any atom is -0.381 e. The van der Waals surface area contributed by atoms with Crippen LogP contribution in [0.15, 0.2) is 28.8 Å². The van der Waals surface area contributed by atoms with Crippen LogP contribution in [-0.2, 0) is 4.74 Å². The molecule has 0 spiro atoms. The zero-order valence-electron chi connectivity index (χ0n) is 12.7. The smallest absolute Gasteiger partial charge is 0.258 e. The zero-order chi connectivity index (χ0) is 15.1. The van der Waals surface area contributed by atoms with Crippen LogP contribution in [0.2, 0.25) is 0 Å². The molecule has 4 rings (SSSR count). The van der Waals surface area contributed by atoms with E-state index in [1.807, 2.05) is 19.1 Å². The van der Waals surface area contributed by atoms with Crippen LogP contribution in [0.5, 0.6) is 0 Å². The largest absolute Gasteiger partial charge is 0.381 e. The van der Waals surface area contributed by atoms with E-state index in [4.69, 9.17) is 9.26 Å². The van der Waals surface area contributed by atoms with E-state index in [1.54, 1.807) is 0 Å². The summed E-state index contributed by atoms with van der Waals surface area (Å²) in [5, 5.41) is 5.25. The van der Waals surface area contributed by atoms with E-state index >= 15 is 0 Å². The van der Waals surface area contributed by atoms with Gasteiger partial charge < -0.3 is 9.26 Å². The average molecular weight is 295 g/mol. The van der Waals surface area contributed by atoms with Crippen LogP contribution in [0, 0.1) is 13.8 Å². The highest BCUT2D eigenvalue weighted by Gasteiger charge is 2.23. The van der Waals surface area contributed by atoms with Crippen LogP contribution < -0.4 is 0 Å². The molecule has 3 heterocycles. The van der Waals surface area contributed by atoms with Crippen molar-refractivity contribution in [1.29, 1.82) is 0 Å². The van der Waals surface area contributed by atoms with Crippen LogP contribution >= 0.6 is 0 Å². The first-order valence-corrected chi connectivity index (χ1v) is 7.50. The van der Waals surface area contributed by atoms with E-state index in [0.29, 0.717) is 12.5 Å². The summed E-state index contributed by atoms with van der Waals surface area (Å²) in [4.78, 5) is 9.13. The van der Waals surface area contributed by atoms with Gasteiger partial charge in [-0.3, -0.25) is 4.98 Å². The maximum Gasteiger partial charge on any atom is 0.258 e. The van der Waals surface area contributed by atoms with E-state index in [9.17, 15) is 0 Å². The molecule has 0 N–H and O–H groups in total. The summed E-state index contributed by atoms with van der Waals surface area (Å²) in [6.07, 6.45) is 0.955. The van der Waals surface area contributed by atoms with Crippen LogP contribution in [0.4, 0.5) is 0 Å². The number of ether oxygens (including phenoxy) is 1. The van der Waals surface area contributed by atoms with Crippen molar-refractivity contribution < 1.29 is 9.26 Å². The third-order valence-corrected chi connectivity index (χ3v) is 4.13. The number of fused-ring (bicyclic) bond motifs is 1. The summed E-state index contributed by atoms with van der Waals surface area (Å²) < 4.78 is 10.8. The fourth-order valence-electron chi connectivity index (χ4n) is 2.96. The molecule has 1 aliphatic heterocycles. The molecule has 22 heavy (non-hydrogen) atoms. The number of hydrogen-bond acceptors (Lipinski definition) is 5. The van der Waals surface area contributed by atoms with Crippen LogP contribution in [0.25, 0.3) is 22.4 Å². The summed E-state index contributed by atoms with van der Waals surface area (Å²) in [6, 6.07) is 8.18. The Morgan fingerprint density at radius 3 is 2.86 bits per heavy atom. The first kappa shape index (κ1) is 13.4. The van der Waals surface area contributed by atoms with Crippen molar-refractivity contribution >= 4 is 10.9 Å². The minimum absolute atomic E-state index is 0.251. The third-order valence-electron chi connectivity index (χ3n) is 4.13. The molecular weight excluding hydrogens is 278 g/mol. The van der Waals surface area contributed by atoms with E-state index < -0.39 is 0 Å². The van der Waals surface area contributed by atoms with Gasteiger partial charge in [0, 0.05) is 29.2 Å². The molecule has 0 radical (unpaired) electrons. The number of rotatable bonds is 2. The Balaban J connectivity index is 1.74. The van der Waals surface area contributed by atoms with E-state index in [1.165, 1.54) is 5.56 Å². The standard InChI is InChI=1S/C17H17N3O2/c1-10-7-11(2)18-15-8-12(3-4-14(10)15)17-19-16(20-22-17)13-5-6-21-9-13/h3-4,7-8,13H,5-6,9H2,1-2H3. The molecule has 1 atom stereocenters. The maximum absolute atomic E-state index is 5.43. The highest BCUT2D eigenvalue weighted by molar-refractivity contribution is 5.85. The fraction of sp³-hybridized carbons (Fsp3) is 0.353. The Labute approximate surface area is 128 Å². The molecule has 3 aromatic rings. The normalized spacial score (nSPS) is 18.2. The topological polar surface area (TPSA) is 61.0 Å². The molecule has 112 valence electrons. The molecule has 1 aromatic carbocycles. The van der Waals surface area contributed by atoms with Crippen molar-refractivity contribution in [3.63, 3.8) is 0 Å². The summed E-state index contributed by atoms with van der Waals surface area (Å²) in [7, 11) is 0. The Morgan fingerprint density at radius 1 is 1.14 bits per heavy atom. The number of hydrogen-bond donors (Lipinski definition) is 0. The number of nitrogens with zero attached hydrogens (tertiary/aromatic N) is 3. The summed E-state index contributed by atoms with van der Waals surface area (Å²) >= 11 is 0. The van der Waals surface area contributed by atoms with E-state index in [2.05, 4.69) is 34.2 Å². The Morgan fingerprint density at radius 2 is 2.05 bits per heavy atom. The first-order chi connectivity index (χ1) is 10.7. The van der Waals surface area contributed by atoms with Gasteiger partial charge >= 0.3 is 0 Å². The van der Waals surface area contributed by atoms with E-state index in [0.717, 1.165) is 41.0 Å². The van der Waals surface area contributed by atoms with Crippen LogP contribution in [0.3, 0.4) is 0 Å². The lowest BCUT2D eigenvalue weighted by atomic mass is 10.1. The predicted molar refractivity (Wildman–Crippen MR) is 82.7 cm³/mol. The van der Waals surface area contributed by atoms with Crippen molar-refractivity contribution in [2.75, 3.05) is 13.2 Å². The molecule has 1 saturated heterocycles. The van der Waals surface area contributed by atoms with Crippen LogP contribution in [-0.4, -0.2) is 28.3 Å². The molecule has 2 aromatic heterocycles. The SMILES string of the molecule is Cc1cc(C)c2ccc(-c3nc(C4CCOC4)no3)cc2n1. The molecule has 0 amide bonds. The van der Waals surface area contributed by atoms with Gasteiger partial charge in [0.25, 0.3) is 5.89 Å². The van der Waals surface area contributed by atoms with Crippen molar-refractivity contribution in [3.05, 3.63) is 41.3 Å². The molecule has 0 aliphatic carbocycles. The Hall–Kier alpha value is -2.27. The molecular formula is C17H17N3O2. The second kappa shape index (κ2) is 5.18. The maximum atomic E-state index is 5.43. The lowest BCUT2D eigenvalue weighted by Crippen LogP contribution is -1.99. The Bertz CT molecular complexity index is 835. The van der Waals surface area contributed by atoms with Crippen molar-refractivity contribution in [1.82, 2.24) is 15.1 Å². The lowest BCUT2D eigenvalue weighted by Gasteiger charge is -2.04. The van der Waals surface area contributed by atoms with Gasteiger partial charge in [0.1, 0.15) is 0 Å². The van der Waals surface area contributed by atoms with Crippen molar-refractivity contribution in [3.8, 4) is 11.5 Å². The molecule has 0 saturated carbocycles. The molecule has 0 bridgehead atoms. The second-order valence-electron chi connectivity index (χ2n) is 5.83. The Kier molecular flexibility index (Phi) is 3.15. The van der Waals surface area contributed by atoms with Gasteiger partial charge in [-0.05, 0) is 44.0 Å². The molecule has 1 fully saturated rings. The van der Waals surface area contributed by atoms with Gasteiger partial charge in [0.05, 0.1) is 12.1 Å². The van der Waals surface area contributed by atoms with E-state index in [-0.39, 0.29) is 5.92 Å². The summed E-state index contributed by atoms with van der Waals surface area (Å²) in [5.41, 5.74) is 4.10. The van der Waals surface area contributed by atoms with Gasteiger partial charge in [-0.2, -0.15) is 4.98 Å².